The first-order chi connectivity index (χ1) is 16.1. The zero-order valence-corrected chi connectivity index (χ0v) is 20.7. The molecule has 34 heavy (non-hydrogen) atoms. The third-order valence-corrected chi connectivity index (χ3v) is 7.33. The molecule has 4 rings (SSSR count). The number of hydrogen-bond acceptors (Lipinski definition) is 4. The number of nitrogens with one attached hydrogen (secondary N) is 1. The zero-order valence-electron chi connectivity index (χ0n) is 19.1. The summed E-state index contributed by atoms with van der Waals surface area (Å²) in [6, 6.07) is 8.90. The SMILES string of the molecule is CC(C)n1c(=O)n(-c2cccc(OC(F)F)c2)c2cc(Cl)c(C(=O)NC3(C)CCSCC3)cc21. The standard InChI is InChI=1S/C24H26ClF2N3O3S/c1-14(2)29-19-12-17(21(31)28-24(3)7-9-34-10-8-24)18(25)13-20(19)30(23(29)32)15-5-4-6-16(11-15)33-22(26)27/h4-6,11-14,22H,7-10H2,1-3H3,(H,28,31). The second kappa shape index (κ2) is 9.62. The van der Waals surface area contributed by atoms with Gasteiger partial charge in [0.15, 0.2) is 0 Å². The van der Waals surface area contributed by atoms with Gasteiger partial charge in [0.1, 0.15) is 5.75 Å². The van der Waals surface area contributed by atoms with Gasteiger partial charge in [0.25, 0.3) is 5.91 Å². The van der Waals surface area contributed by atoms with Gasteiger partial charge in [0, 0.05) is 17.6 Å². The van der Waals surface area contributed by atoms with Crippen molar-refractivity contribution >= 4 is 40.3 Å². The lowest BCUT2D eigenvalue weighted by Crippen LogP contribution is -2.48. The fraction of sp³-hybridized carbons (Fsp3) is 0.417. The zero-order chi connectivity index (χ0) is 24.6. The summed E-state index contributed by atoms with van der Waals surface area (Å²) in [5, 5.41) is 3.33. The average Bonchev–Trinajstić information content (AvgIpc) is 3.03. The molecular formula is C24H26ClF2N3O3S. The molecule has 182 valence electrons. The highest BCUT2D eigenvalue weighted by molar-refractivity contribution is 7.99. The number of ether oxygens (including phenoxy) is 1. The van der Waals surface area contributed by atoms with Crippen LogP contribution in [0.15, 0.2) is 41.2 Å². The molecule has 0 aliphatic carbocycles. The van der Waals surface area contributed by atoms with Crippen LogP contribution in [0.2, 0.25) is 5.02 Å². The highest BCUT2D eigenvalue weighted by atomic mass is 35.5. The first-order valence-corrected chi connectivity index (χ1v) is 12.5. The van der Waals surface area contributed by atoms with Crippen LogP contribution >= 0.6 is 23.4 Å². The molecule has 1 fully saturated rings. The number of nitrogens with zero attached hydrogens (tertiary/aromatic N) is 2. The second-order valence-corrected chi connectivity index (χ2v) is 10.5. The first kappa shape index (κ1) is 24.6. The molecular weight excluding hydrogens is 484 g/mol. The van der Waals surface area contributed by atoms with Crippen LogP contribution in [-0.2, 0) is 0 Å². The molecule has 3 aromatic rings. The summed E-state index contributed by atoms with van der Waals surface area (Å²) in [5.41, 5.74) is 0.955. The van der Waals surface area contributed by atoms with Crippen molar-refractivity contribution in [2.24, 2.45) is 0 Å². The van der Waals surface area contributed by atoms with E-state index >= 15 is 0 Å². The lowest BCUT2D eigenvalue weighted by atomic mass is 9.94. The van der Waals surface area contributed by atoms with Crippen LogP contribution in [0.25, 0.3) is 16.7 Å². The molecule has 0 radical (unpaired) electrons. The summed E-state index contributed by atoms with van der Waals surface area (Å²) in [5.74, 6) is 1.61. The summed E-state index contributed by atoms with van der Waals surface area (Å²) in [7, 11) is 0. The number of benzene rings is 2. The number of rotatable bonds is 6. The number of aromatic nitrogens is 2. The topological polar surface area (TPSA) is 65.3 Å². The van der Waals surface area contributed by atoms with Crippen molar-refractivity contribution in [3.8, 4) is 11.4 Å². The normalized spacial score (nSPS) is 15.8. The fourth-order valence-electron chi connectivity index (χ4n) is 4.25. The largest absolute Gasteiger partial charge is 0.435 e. The van der Waals surface area contributed by atoms with E-state index in [4.69, 9.17) is 11.6 Å². The predicted molar refractivity (Wildman–Crippen MR) is 132 cm³/mol. The summed E-state index contributed by atoms with van der Waals surface area (Å²) >= 11 is 8.42. The number of carbonyl (C=O) groups excluding carboxylic acids is 1. The molecule has 1 amide bonds. The number of hydrogen-bond donors (Lipinski definition) is 1. The van der Waals surface area contributed by atoms with E-state index < -0.39 is 6.61 Å². The van der Waals surface area contributed by atoms with Crippen molar-refractivity contribution < 1.29 is 18.3 Å². The highest BCUT2D eigenvalue weighted by Gasteiger charge is 2.30. The Morgan fingerprint density at radius 3 is 2.53 bits per heavy atom. The van der Waals surface area contributed by atoms with Crippen LogP contribution in [0.5, 0.6) is 5.75 Å². The van der Waals surface area contributed by atoms with Gasteiger partial charge in [-0.15, -0.1) is 0 Å². The monoisotopic (exact) mass is 509 g/mol. The Hall–Kier alpha value is -2.52. The average molecular weight is 510 g/mol. The van der Waals surface area contributed by atoms with Crippen LogP contribution in [-0.4, -0.2) is 38.7 Å². The number of alkyl halides is 2. The molecule has 0 spiro atoms. The summed E-state index contributed by atoms with van der Waals surface area (Å²) in [6.07, 6.45) is 1.74. The summed E-state index contributed by atoms with van der Waals surface area (Å²) < 4.78 is 32.9. The smallest absolute Gasteiger partial charge is 0.387 e. The Morgan fingerprint density at radius 1 is 1.18 bits per heavy atom. The molecule has 0 unspecified atom stereocenters. The lowest BCUT2D eigenvalue weighted by molar-refractivity contribution is -0.0498. The molecule has 1 aromatic heterocycles. The third-order valence-electron chi connectivity index (χ3n) is 6.04. The van der Waals surface area contributed by atoms with E-state index in [9.17, 15) is 18.4 Å². The van der Waals surface area contributed by atoms with E-state index in [1.165, 1.54) is 22.8 Å². The van der Waals surface area contributed by atoms with Gasteiger partial charge in [-0.25, -0.2) is 4.79 Å². The summed E-state index contributed by atoms with van der Waals surface area (Å²) in [6.45, 7) is 2.77. The van der Waals surface area contributed by atoms with E-state index in [0.717, 1.165) is 24.3 Å². The highest BCUT2D eigenvalue weighted by Crippen LogP contribution is 2.31. The van der Waals surface area contributed by atoms with Crippen molar-refractivity contribution in [2.45, 2.75) is 51.8 Å². The molecule has 6 nitrogen and oxygen atoms in total. The fourth-order valence-corrected chi connectivity index (χ4v) is 5.88. The Kier molecular flexibility index (Phi) is 6.96. The summed E-state index contributed by atoms with van der Waals surface area (Å²) in [4.78, 5) is 26.6. The van der Waals surface area contributed by atoms with E-state index in [-0.39, 0.29) is 39.5 Å². The van der Waals surface area contributed by atoms with Crippen LogP contribution in [0, 0.1) is 0 Å². The van der Waals surface area contributed by atoms with Gasteiger partial charge in [-0.2, -0.15) is 20.5 Å². The van der Waals surface area contributed by atoms with Crippen molar-refractivity contribution in [3.05, 3.63) is 57.5 Å². The Labute approximate surface area is 205 Å². The molecule has 0 saturated carbocycles. The third kappa shape index (κ3) is 4.81. The van der Waals surface area contributed by atoms with E-state index in [0.29, 0.717) is 16.7 Å². The van der Waals surface area contributed by atoms with Gasteiger partial charge >= 0.3 is 12.3 Å². The Bertz CT molecular complexity index is 1280. The molecule has 0 bridgehead atoms. The molecule has 1 aliphatic heterocycles. The number of carbonyl (C=O) groups is 1. The molecule has 1 aliphatic rings. The van der Waals surface area contributed by atoms with Crippen LogP contribution in [0.3, 0.4) is 0 Å². The molecule has 2 heterocycles. The van der Waals surface area contributed by atoms with Gasteiger partial charge in [-0.05, 0) is 69.4 Å². The van der Waals surface area contributed by atoms with Crippen molar-refractivity contribution in [2.75, 3.05) is 11.5 Å². The Morgan fingerprint density at radius 2 is 1.88 bits per heavy atom. The van der Waals surface area contributed by atoms with Crippen LogP contribution in [0.1, 0.15) is 50.0 Å². The maximum Gasteiger partial charge on any atom is 0.387 e. The molecule has 1 saturated heterocycles. The van der Waals surface area contributed by atoms with Crippen molar-refractivity contribution in [1.29, 1.82) is 0 Å². The minimum absolute atomic E-state index is 0.0640. The number of fused-ring (bicyclic) bond motifs is 1. The van der Waals surface area contributed by atoms with Gasteiger partial charge in [-0.3, -0.25) is 13.9 Å². The van der Waals surface area contributed by atoms with Crippen molar-refractivity contribution in [1.82, 2.24) is 14.5 Å². The van der Waals surface area contributed by atoms with Gasteiger partial charge in [0.2, 0.25) is 0 Å². The quantitative estimate of drug-likeness (QED) is 0.467. The maximum atomic E-state index is 13.4. The van der Waals surface area contributed by atoms with E-state index in [2.05, 4.69) is 10.1 Å². The van der Waals surface area contributed by atoms with Gasteiger partial charge in [0.05, 0.1) is 27.3 Å². The van der Waals surface area contributed by atoms with Gasteiger partial charge in [-0.1, -0.05) is 17.7 Å². The van der Waals surface area contributed by atoms with Gasteiger partial charge < -0.3 is 10.1 Å². The number of imidazole rings is 1. The maximum absolute atomic E-state index is 13.4. The number of halogens is 3. The molecule has 10 heteroatoms. The number of thioether (sulfide) groups is 1. The first-order valence-electron chi connectivity index (χ1n) is 11.0. The lowest BCUT2D eigenvalue weighted by Gasteiger charge is -2.34. The second-order valence-electron chi connectivity index (χ2n) is 8.91. The van der Waals surface area contributed by atoms with E-state index in [1.54, 1.807) is 22.8 Å². The molecule has 1 N–H and O–H groups in total. The predicted octanol–water partition coefficient (Wildman–Crippen LogP) is 5.64. The van der Waals surface area contributed by atoms with Crippen LogP contribution in [0.4, 0.5) is 8.78 Å². The number of amides is 1. The minimum atomic E-state index is -2.98. The minimum Gasteiger partial charge on any atom is -0.435 e. The molecule has 0 atom stereocenters. The Balaban J connectivity index is 1.83. The van der Waals surface area contributed by atoms with Crippen molar-refractivity contribution in [3.63, 3.8) is 0 Å². The molecule has 2 aromatic carbocycles. The van der Waals surface area contributed by atoms with Crippen LogP contribution < -0.4 is 15.7 Å². The van der Waals surface area contributed by atoms with E-state index in [1.807, 2.05) is 32.5 Å².